The summed E-state index contributed by atoms with van der Waals surface area (Å²) in [5.41, 5.74) is 0. The van der Waals surface area contributed by atoms with Crippen LogP contribution in [0.25, 0.3) is 0 Å². The molecule has 0 aromatic carbocycles. The van der Waals surface area contributed by atoms with E-state index < -0.39 is 57.8 Å². The lowest BCUT2D eigenvalue weighted by atomic mass is 10.0. The number of allylic oxidation sites excluding steroid dienone is 18. The first-order chi connectivity index (χ1) is 35.2. The summed E-state index contributed by atoms with van der Waals surface area (Å²) in [5.74, 6) is -1.59. The van der Waals surface area contributed by atoms with E-state index in [-0.39, 0.29) is 25.9 Å². The van der Waals surface area contributed by atoms with Crippen LogP contribution < -0.4 is 0 Å². The summed E-state index contributed by atoms with van der Waals surface area (Å²) in [6.07, 6.45) is 63.5. The van der Waals surface area contributed by atoms with E-state index >= 15 is 0 Å². The highest BCUT2D eigenvalue weighted by atomic mass is 31.2. The van der Waals surface area contributed by atoms with E-state index in [9.17, 15) is 28.9 Å². The topological polar surface area (TPSA) is 155 Å². The minimum Gasteiger partial charge on any atom is -0.462 e. The van der Waals surface area contributed by atoms with Crippen LogP contribution in [0.4, 0.5) is 0 Å². The number of aliphatic hydroxyl groups excluding tert-OH is 1. The molecule has 0 heterocycles. The smallest absolute Gasteiger partial charge is 0.462 e. The highest BCUT2D eigenvalue weighted by molar-refractivity contribution is 7.47. The Morgan fingerprint density at radius 2 is 0.736 bits per heavy atom. The number of esters is 3. The molecule has 0 aromatic rings. The van der Waals surface area contributed by atoms with Crippen LogP contribution in [0.15, 0.2) is 109 Å². The normalized spacial score (nSPS) is 14.2. The van der Waals surface area contributed by atoms with Crippen molar-refractivity contribution >= 4 is 25.7 Å². The van der Waals surface area contributed by atoms with Crippen LogP contribution in [0.2, 0.25) is 0 Å². The molecule has 0 aliphatic heterocycles. The van der Waals surface area contributed by atoms with Crippen molar-refractivity contribution in [2.45, 2.75) is 226 Å². The van der Waals surface area contributed by atoms with Gasteiger partial charge in [0.25, 0.3) is 0 Å². The number of unbranched alkanes of at least 4 members (excludes halogenated alkanes) is 15. The molecular formula is C60H99O11P. The Kier molecular flexibility index (Phi) is 50.6. The van der Waals surface area contributed by atoms with Gasteiger partial charge in [0.2, 0.25) is 0 Å². The minimum atomic E-state index is -4.78. The van der Waals surface area contributed by atoms with Crippen molar-refractivity contribution in [3.05, 3.63) is 109 Å². The second kappa shape index (κ2) is 53.4. The molecular weight excluding hydrogens is 928 g/mol. The first-order valence-corrected chi connectivity index (χ1v) is 29.3. The van der Waals surface area contributed by atoms with Crippen LogP contribution in [-0.2, 0) is 42.2 Å². The number of rotatable bonds is 50. The molecule has 0 aromatic heterocycles. The van der Waals surface area contributed by atoms with Gasteiger partial charge in [-0.25, -0.2) is 4.57 Å². The molecule has 0 rings (SSSR count). The third kappa shape index (κ3) is 51.1. The number of carbonyl (C=O) groups excluding carboxylic acids is 3. The molecule has 0 amide bonds. The Labute approximate surface area is 437 Å². The van der Waals surface area contributed by atoms with Gasteiger partial charge >= 0.3 is 25.7 Å². The predicted molar refractivity (Wildman–Crippen MR) is 297 cm³/mol. The maximum Gasteiger partial charge on any atom is 0.472 e. The molecule has 0 saturated carbocycles. The quantitative estimate of drug-likeness (QED) is 0.0197. The van der Waals surface area contributed by atoms with Gasteiger partial charge in [0.05, 0.1) is 19.8 Å². The molecule has 0 aliphatic rings. The van der Waals surface area contributed by atoms with Crippen molar-refractivity contribution in [1.29, 1.82) is 0 Å². The van der Waals surface area contributed by atoms with Crippen LogP contribution >= 0.6 is 7.82 Å². The van der Waals surface area contributed by atoms with Crippen LogP contribution in [0.5, 0.6) is 0 Å². The van der Waals surface area contributed by atoms with E-state index in [1.54, 1.807) is 0 Å². The van der Waals surface area contributed by atoms with Gasteiger partial charge in [-0.3, -0.25) is 23.4 Å². The number of aliphatic hydroxyl groups is 1. The molecule has 2 N–H and O–H groups in total. The third-order valence-corrected chi connectivity index (χ3v) is 12.1. The summed E-state index contributed by atoms with van der Waals surface area (Å²) < 4.78 is 39.4. The number of ether oxygens (including phenoxy) is 3. The fourth-order valence-electron chi connectivity index (χ4n) is 7.03. The van der Waals surface area contributed by atoms with Crippen molar-refractivity contribution in [3.63, 3.8) is 0 Å². The second-order valence-corrected chi connectivity index (χ2v) is 19.4. The number of phosphoric ester groups is 1. The zero-order valence-electron chi connectivity index (χ0n) is 45.1. The largest absolute Gasteiger partial charge is 0.472 e. The summed E-state index contributed by atoms with van der Waals surface area (Å²) in [5, 5.41) is 9.79. The number of phosphoric acid groups is 1. The summed E-state index contributed by atoms with van der Waals surface area (Å²) in [4.78, 5) is 48.4. The van der Waals surface area contributed by atoms with Gasteiger partial charge in [-0.05, 0) is 96.3 Å². The molecule has 0 fully saturated rings. The van der Waals surface area contributed by atoms with Gasteiger partial charge in [-0.1, -0.05) is 207 Å². The number of hydrogen-bond acceptors (Lipinski definition) is 10. The summed E-state index contributed by atoms with van der Waals surface area (Å²) in [6.45, 7) is 4.29. The Balaban J connectivity index is 4.86. The molecule has 0 saturated heterocycles. The average Bonchev–Trinajstić information content (AvgIpc) is 3.37. The van der Waals surface area contributed by atoms with Crippen LogP contribution in [-0.4, -0.2) is 66.5 Å². The molecule has 3 unspecified atom stereocenters. The average molecular weight is 1030 g/mol. The van der Waals surface area contributed by atoms with E-state index in [0.717, 1.165) is 89.9 Å². The van der Waals surface area contributed by atoms with Crippen molar-refractivity contribution in [1.82, 2.24) is 0 Å². The highest BCUT2D eigenvalue weighted by Gasteiger charge is 2.28. The minimum absolute atomic E-state index is 0.0823. The fourth-order valence-corrected chi connectivity index (χ4v) is 7.81. The third-order valence-electron chi connectivity index (χ3n) is 11.2. The highest BCUT2D eigenvalue weighted by Crippen LogP contribution is 2.43. The number of hydrogen-bond donors (Lipinski definition) is 2. The van der Waals surface area contributed by atoms with Gasteiger partial charge < -0.3 is 24.2 Å². The second-order valence-electron chi connectivity index (χ2n) is 18.0. The molecule has 0 spiro atoms. The molecule has 0 aliphatic carbocycles. The first kappa shape index (κ1) is 68.1. The van der Waals surface area contributed by atoms with Gasteiger partial charge in [0.15, 0.2) is 6.10 Å². The molecule has 11 nitrogen and oxygen atoms in total. The molecule has 0 radical (unpaired) electrons. The Morgan fingerprint density at radius 1 is 0.403 bits per heavy atom. The maximum absolute atomic E-state index is 12.9. The lowest BCUT2D eigenvalue weighted by Gasteiger charge is -2.21. The van der Waals surface area contributed by atoms with Crippen LogP contribution in [0.3, 0.4) is 0 Å². The van der Waals surface area contributed by atoms with Crippen molar-refractivity contribution < 1.29 is 52.2 Å². The van der Waals surface area contributed by atoms with Crippen LogP contribution in [0, 0.1) is 0 Å². The SMILES string of the molecule is CC/C=C\C/C=C\C/C=C\C/C=C\C/C=C\CCCC(=O)OC(COC(=O)CCCCCCCCCCCCCCC)COP(=O)(O)OCC(CO)OC(=O)CCCC/C=C\C/C=C\C/C=C\C/C=C\CC. The molecule has 12 heteroatoms. The molecule has 72 heavy (non-hydrogen) atoms. The summed E-state index contributed by atoms with van der Waals surface area (Å²) in [7, 11) is -4.78. The predicted octanol–water partition coefficient (Wildman–Crippen LogP) is 16.2. The molecule has 410 valence electrons. The fraction of sp³-hybridized carbons (Fsp3) is 0.650. The number of carbonyl (C=O) groups is 3. The maximum atomic E-state index is 12.9. The summed E-state index contributed by atoms with van der Waals surface area (Å²) >= 11 is 0. The van der Waals surface area contributed by atoms with Crippen LogP contribution in [0.1, 0.15) is 213 Å². The monoisotopic (exact) mass is 1030 g/mol. The van der Waals surface area contributed by atoms with Gasteiger partial charge in [0, 0.05) is 19.3 Å². The molecule has 3 atom stereocenters. The Morgan fingerprint density at radius 3 is 1.17 bits per heavy atom. The van der Waals surface area contributed by atoms with Crippen molar-refractivity contribution in [3.8, 4) is 0 Å². The zero-order chi connectivity index (χ0) is 52.7. The van der Waals surface area contributed by atoms with E-state index in [1.165, 1.54) is 57.8 Å². The lowest BCUT2D eigenvalue weighted by Crippen LogP contribution is -2.30. The van der Waals surface area contributed by atoms with Gasteiger partial charge in [0.1, 0.15) is 12.7 Å². The Bertz CT molecular complexity index is 1620. The molecule has 0 bridgehead atoms. The van der Waals surface area contributed by atoms with E-state index in [1.807, 2.05) is 12.2 Å². The Hall–Kier alpha value is -3.86. The van der Waals surface area contributed by atoms with E-state index in [0.29, 0.717) is 25.7 Å². The van der Waals surface area contributed by atoms with Gasteiger partial charge in [-0.15, -0.1) is 0 Å². The van der Waals surface area contributed by atoms with Gasteiger partial charge in [-0.2, -0.15) is 0 Å². The summed E-state index contributed by atoms with van der Waals surface area (Å²) in [6, 6.07) is 0. The van der Waals surface area contributed by atoms with E-state index in [2.05, 4.69) is 118 Å². The standard InChI is InChI=1S/C60H99O11P/c1-4-7-10-13-16-19-22-25-27-28-30-33-36-39-42-45-48-51-60(64)71-57(53-67-58(62)49-46-43-40-37-34-31-24-21-18-15-12-9-6-3)55-69-72(65,66)68-54-56(52-61)70-59(63)50-47-44-41-38-35-32-29-26-23-20-17-14-11-8-5-2/h7-8,10-11,16-17,19-20,25-27,29-30,33,35,38-39,42,56-57,61H,4-6,9,12-15,18,21-24,28,31-32,34,36-37,40-41,43-55H2,1-3H3,(H,65,66)/b10-7-,11-8-,19-16-,20-17-,27-25-,29-26-,33-30-,38-35-,42-39-. The zero-order valence-corrected chi connectivity index (χ0v) is 46.0. The van der Waals surface area contributed by atoms with Crippen molar-refractivity contribution in [2.24, 2.45) is 0 Å². The lowest BCUT2D eigenvalue weighted by molar-refractivity contribution is -0.161. The van der Waals surface area contributed by atoms with Crippen molar-refractivity contribution in [2.75, 3.05) is 26.4 Å². The first-order valence-electron chi connectivity index (χ1n) is 27.8. The van der Waals surface area contributed by atoms with E-state index in [4.69, 9.17) is 23.3 Å².